The summed E-state index contributed by atoms with van der Waals surface area (Å²) in [6.45, 7) is 3.21. The summed E-state index contributed by atoms with van der Waals surface area (Å²) in [6.07, 6.45) is 5.55. The van der Waals surface area contributed by atoms with Gasteiger partial charge < -0.3 is 9.64 Å². The molecule has 0 saturated carbocycles. The minimum atomic E-state index is -0.244. The van der Waals surface area contributed by atoms with E-state index in [2.05, 4.69) is 10.4 Å². The Balaban J connectivity index is 1.93. The highest BCUT2D eigenvalue weighted by Crippen LogP contribution is 2.35. The molecule has 2 rings (SSSR count). The van der Waals surface area contributed by atoms with Crippen molar-refractivity contribution < 1.29 is 9.53 Å². The number of carbonyl (C=O) groups excluding carboxylic acids is 1. The number of hydrogen-bond acceptors (Lipinski definition) is 3. The average molecular weight is 392 g/mol. The summed E-state index contributed by atoms with van der Waals surface area (Å²) in [6, 6.07) is 2.87. The first-order chi connectivity index (χ1) is 11.5. The Bertz CT molecular complexity index is 656. The first-order valence-corrected chi connectivity index (χ1v) is 8.46. The van der Waals surface area contributed by atoms with Gasteiger partial charge in [-0.2, -0.15) is 0 Å². The van der Waals surface area contributed by atoms with Crippen LogP contribution in [-0.4, -0.2) is 40.3 Å². The number of aromatic nitrogens is 2. The lowest BCUT2D eigenvalue weighted by molar-refractivity contribution is 0.192. The third-order valence-electron chi connectivity index (χ3n) is 3.08. The molecule has 0 spiro atoms. The van der Waals surface area contributed by atoms with Gasteiger partial charge in [-0.15, -0.1) is 0 Å². The number of nitrogens with one attached hydrogen (secondary N) is 1. The van der Waals surface area contributed by atoms with E-state index in [1.165, 1.54) is 11.0 Å². The van der Waals surface area contributed by atoms with E-state index in [1.807, 2.05) is 6.92 Å². The van der Waals surface area contributed by atoms with Crippen LogP contribution in [0.2, 0.25) is 15.1 Å². The van der Waals surface area contributed by atoms with Crippen molar-refractivity contribution in [1.29, 1.82) is 0 Å². The molecule has 24 heavy (non-hydrogen) atoms. The van der Waals surface area contributed by atoms with E-state index < -0.39 is 0 Å². The molecule has 1 aromatic heterocycles. The number of benzene rings is 1. The first kappa shape index (κ1) is 18.7. The standard InChI is InChI=1S/C15H17Cl3N4O2/c1-2-4-21(15(23)20-22-5-3-19-10-22)6-7-24-14-12(17)8-11(16)9-13(14)18/h3,5,8-10H,2,4,6-7H2,1H3,(H,20,23). The molecule has 0 radical (unpaired) electrons. The second-order valence-corrected chi connectivity index (χ2v) is 6.17. The SMILES string of the molecule is CCCN(CCOc1c(Cl)cc(Cl)cc1Cl)C(=O)Nn1ccnc1. The minimum Gasteiger partial charge on any atom is -0.489 e. The summed E-state index contributed by atoms with van der Waals surface area (Å²) < 4.78 is 7.11. The van der Waals surface area contributed by atoms with Crippen molar-refractivity contribution in [1.82, 2.24) is 14.6 Å². The lowest BCUT2D eigenvalue weighted by atomic mass is 10.3. The van der Waals surface area contributed by atoms with Crippen molar-refractivity contribution in [2.24, 2.45) is 0 Å². The van der Waals surface area contributed by atoms with Gasteiger partial charge in [-0.05, 0) is 18.6 Å². The summed E-state index contributed by atoms with van der Waals surface area (Å²) in [4.78, 5) is 17.8. The Morgan fingerprint density at radius 2 is 2.00 bits per heavy atom. The third-order valence-corrected chi connectivity index (χ3v) is 3.86. The molecule has 1 N–H and O–H groups in total. The van der Waals surface area contributed by atoms with E-state index in [4.69, 9.17) is 39.5 Å². The lowest BCUT2D eigenvalue weighted by Gasteiger charge is -2.23. The van der Waals surface area contributed by atoms with Crippen LogP contribution in [0.5, 0.6) is 5.75 Å². The maximum atomic E-state index is 12.3. The van der Waals surface area contributed by atoms with Gasteiger partial charge in [0.1, 0.15) is 12.9 Å². The number of carbonyl (C=O) groups is 1. The van der Waals surface area contributed by atoms with Crippen LogP contribution in [-0.2, 0) is 0 Å². The second-order valence-electron chi connectivity index (χ2n) is 4.92. The molecular formula is C15H17Cl3N4O2. The molecule has 0 aliphatic rings. The van der Waals surface area contributed by atoms with E-state index in [1.54, 1.807) is 29.4 Å². The van der Waals surface area contributed by atoms with Crippen molar-refractivity contribution in [3.63, 3.8) is 0 Å². The molecule has 6 nitrogen and oxygen atoms in total. The highest BCUT2D eigenvalue weighted by Gasteiger charge is 2.14. The minimum absolute atomic E-state index is 0.244. The molecule has 2 amide bonds. The highest BCUT2D eigenvalue weighted by molar-refractivity contribution is 6.40. The molecule has 2 aromatic rings. The summed E-state index contributed by atoms with van der Waals surface area (Å²) in [5.74, 6) is 0.356. The molecule has 0 aliphatic carbocycles. The Morgan fingerprint density at radius 1 is 1.29 bits per heavy atom. The maximum Gasteiger partial charge on any atom is 0.336 e. The smallest absolute Gasteiger partial charge is 0.336 e. The van der Waals surface area contributed by atoms with Crippen LogP contribution in [0.4, 0.5) is 4.79 Å². The van der Waals surface area contributed by atoms with Crippen molar-refractivity contribution in [3.8, 4) is 5.75 Å². The lowest BCUT2D eigenvalue weighted by Crippen LogP contribution is -2.41. The predicted octanol–water partition coefficient (Wildman–Crippen LogP) is 4.30. The number of halogens is 3. The van der Waals surface area contributed by atoms with Crippen LogP contribution < -0.4 is 10.2 Å². The number of urea groups is 1. The quantitative estimate of drug-likeness (QED) is 0.765. The second kappa shape index (κ2) is 9.01. The fourth-order valence-electron chi connectivity index (χ4n) is 2.02. The van der Waals surface area contributed by atoms with Gasteiger partial charge >= 0.3 is 6.03 Å². The van der Waals surface area contributed by atoms with E-state index in [0.717, 1.165) is 6.42 Å². The predicted molar refractivity (Wildman–Crippen MR) is 95.8 cm³/mol. The molecule has 0 unspecified atom stereocenters. The Kier molecular flexibility index (Phi) is 7.02. The fraction of sp³-hybridized carbons (Fsp3) is 0.333. The number of nitrogens with zero attached hydrogens (tertiary/aromatic N) is 3. The molecule has 130 valence electrons. The molecule has 9 heteroatoms. The van der Waals surface area contributed by atoms with Crippen LogP contribution in [0, 0.1) is 0 Å². The van der Waals surface area contributed by atoms with Crippen molar-refractivity contribution in [2.45, 2.75) is 13.3 Å². The van der Waals surface area contributed by atoms with Crippen LogP contribution >= 0.6 is 34.8 Å². The highest BCUT2D eigenvalue weighted by atomic mass is 35.5. The Morgan fingerprint density at radius 3 is 2.58 bits per heavy atom. The van der Waals surface area contributed by atoms with Gasteiger partial charge in [0.05, 0.1) is 16.6 Å². The van der Waals surface area contributed by atoms with E-state index in [9.17, 15) is 4.79 Å². The number of ether oxygens (including phenoxy) is 1. The molecule has 0 aliphatic heterocycles. The molecule has 0 fully saturated rings. The summed E-state index contributed by atoms with van der Waals surface area (Å²) in [5.41, 5.74) is 2.70. The van der Waals surface area contributed by atoms with Gasteiger partial charge in [-0.1, -0.05) is 41.7 Å². The van der Waals surface area contributed by atoms with Gasteiger partial charge in [-0.25, -0.2) is 19.9 Å². The Labute approximate surface area is 155 Å². The zero-order valence-electron chi connectivity index (χ0n) is 13.0. The number of rotatable bonds is 7. The van der Waals surface area contributed by atoms with Gasteiger partial charge in [0.2, 0.25) is 0 Å². The summed E-state index contributed by atoms with van der Waals surface area (Å²) >= 11 is 18.0. The van der Waals surface area contributed by atoms with Gasteiger partial charge in [0.25, 0.3) is 0 Å². The number of amides is 2. The van der Waals surface area contributed by atoms with Gasteiger partial charge in [0, 0.05) is 24.0 Å². The molecule has 0 saturated heterocycles. The van der Waals surface area contributed by atoms with Gasteiger partial charge in [-0.3, -0.25) is 0 Å². The van der Waals surface area contributed by atoms with Crippen LogP contribution in [0.1, 0.15) is 13.3 Å². The largest absolute Gasteiger partial charge is 0.489 e. The molecular weight excluding hydrogens is 375 g/mol. The van der Waals surface area contributed by atoms with Crippen molar-refractivity contribution in [2.75, 3.05) is 25.1 Å². The number of hydrogen-bond donors (Lipinski definition) is 1. The normalized spacial score (nSPS) is 10.5. The summed E-state index contributed by atoms with van der Waals surface area (Å²) in [5, 5.41) is 1.10. The maximum absolute atomic E-state index is 12.3. The molecule has 1 aromatic carbocycles. The van der Waals surface area contributed by atoms with Crippen LogP contribution in [0.3, 0.4) is 0 Å². The van der Waals surface area contributed by atoms with Crippen LogP contribution in [0.25, 0.3) is 0 Å². The monoisotopic (exact) mass is 390 g/mol. The van der Waals surface area contributed by atoms with E-state index in [0.29, 0.717) is 33.9 Å². The zero-order valence-corrected chi connectivity index (χ0v) is 15.3. The first-order valence-electron chi connectivity index (χ1n) is 7.32. The average Bonchev–Trinajstić information content (AvgIpc) is 3.01. The fourth-order valence-corrected chi connectivity index (χ4v) is 2.94. The van der Waals surface area contributed by atoms with Gasteiger partial charge in [0.15, 0.2) is 5.75 Å². The molecule has 1 heterocycles. The molecule has 0 atom stereocenters. The van der Waals surface area contributed by atoms with E-state index in [-0.39, 0.29) is 12.6 Å². The zero-order chi connectivity index (χ0) is 17.5. The van der Waals surface area contributed by atoms with Crippen molar-refractivity contribution in [3.05, 3.63) is 45.9 Å². The third kappa shape index (κ3) is 5.19. The number of imidazole rings is 1. The van der Waals surface area contributed by atoms with Crippen molar-refractivity contribution >= 4 is 40.8 Å². The Hall–Kier alpha value is -1.63. The van der Waals surface area contributed by atoms with Crippen LogP contribution in [0.15, 0.2) is 30.9 Å². The summed E-state index contributed by atoms with van der Waals surface area (Å²) in [7, 11) is 0. The topological polar surface area (TPSA) is 59.4 Å². The van der Waals surface area contributed by atoms with E-state index >= 15 is 0 Å². The molecule has 0 bridgehead atoms.